The van der Waals surface area contributed by atoms with Crippen LogP contribution in [0.15, 0.2) is 48.5 Å². The molecule has 0 saturated heterocycles. The van der Waals surface area contributed by atoms with Crippen LogP contribution >= 0.6 is 11.6 Å². The molecule has 2 rings (SSSR count). The lowest BCUT2D eigenvalue weighted by Gasteiger charge is -2.30. The molecule has 0 aromatic heterocycles. The van der Waals surface area contributed by atoms with Crippen molar-refractivity contribution in [3.05, 3.63) is 59.1 Å². The highest BCUT2D eigenvalue weighted by Crippen LogP contribution is 2.27. The number of carbonyl (C=O) groups excluding carboxylic acids is 1. The molecule has 0 unspecified atom stereocenters. The third-order valence-corrected chi connectivity index (χ3v) is 5.68. The second-order valence-corrected chi connectivity index (χ2v) is 8.99. The fourth-order valence-electron chi connectivity index (χ4n) is 2.98. The number of amides is 1. The maximum Gasteiger partial charge on any atom is 0.248 e. The summed E-state index contributed by atoms with van der Waals surface area (Å²) < 4.78 is 26.1. The van der Waals surface area contributed by atoms with Gasteiger partial charge in [0.25, 0.3) is 0 Å². The summed E-state index contributed by atoms with van der Waals surface area (Å²) in [6.07, 6.45) is 1.42. The van der Waals surface area contributed by atoms with Gasteiger partial charge in [-0.2, -0.15) is 0 Å². The van der Waals surface area contributed by atoms with Crippen LogP contribution in [0.25, 0.3) is 0 Å². The van der Waals surface area contributed by atoms with Gasteiger partial charge in [-0.25, -0.2) is 8.42 Å². The van der Waals surface area contributed by atoms with Crippen LogP contribution in [0, 0.1) is 0 Å². The standard InChI is InChI=1S/C20H25ClN2O3S/c1-5-19(20(24)22-18-9-7-6-8-17(18)14(2)3)23(27(4,25)26)16-12-10-15(21)11-13-16/h6-14,19H,5H2,1-4H3,(H,22,24)/t19-/m0/s1. The van der Waals surface area contributed by atoms with Gasteiger partial charge < -0.3 is 5.32 Å². The first-order valence-electron chi connectivity index (χ1n) is 8.80. The molecule has 1 amide bonds. The molecule has 0 saturated carbocycles. The summed E-state index contributed by atoms with van der Waals surface area (Å²) >= 11 is 5.91. The SMILES string of the molecule is CC[C@@H](C(=O)Nc1ccccc1C(C)C)N(c1ccc(Cl)cc1)S(C)(=O)=O. The van der Waals surface area contributed by atoms with E-state index in [1.54, 1.807) is 31.2 Å². The normalized spacial score (nSPS) is 12.7. The summed E-state index contributed by atoms with van der Waals surface area (Å²) in [7, 11) is -3.68. The number of para-hydroxylation sites is 1. The van der Waals surface area contributed by atoms with Crippen LogP contribution < -0.4 is 9.62 Å². The minimum Gasteiger partial charge on any atom is -0.324 e. The molecule has 2 aromatic carbocycles. The largest absolute Gasteiger partial charge is 0.324 e. The number of hydrogen-bond donors (Lipinski definition) is 1. The molecule has 1 N–H and O–H groups in total. The number of nitrogens with one attached hydrogen (secondary N) is 1. The molecule has 7 heteroatoms. The lowest BCUT2D eigenvalue weighted by molar-refractivity contribution is -0.117. The van der Waals surface area contributed by atoms with Crippen molar-refractivity contribution in [2.45, 2.75) is 39.2 Å². The zero-order chi connectivity index (χ0) is 20.2. The van der Waals surface area contributed by atoms with E-state index in [1.165, 1.54) is 0 Å². The Balaban J connectivity index is 2.40. The molecule has 5 nitrogen and oxygen atoms in total. The zero-order valence-corrected chi connectivity index (χ0v) is 17.5. The highest BCUT2D eigenvalue weighted by atomic mass is 35.5. The second-order valence-electron chi connectivity index (χ2n) is 6.69. The maximum atomic E-state index is 13.0. The van der Waals surface area contributed by atoms with Gasteiger partial charge in [-0.15, -0.1) is 0 Å². The van der Waals surface area contributed by atoms with Gasteiger partial charge in [0.1, 0.15) is 6.04 Å². The first kappa shape index (κ1) is 21.3. The molecular weight excluding hydrogens is 384 g/mol. The summed E-state index contributed by atoms with van der Waals surface area (Å²) in [5.74, 6) is -0.144. The van der Waals surface area contributed by atoms with E-state index >= 15 is 0 Å². The first-order valence-corrected chi connectivity index (χ1v) is 11.0. The number of anilines is 2. The van der Waals surface area contributed by atoms with Crippen LogP contribution in [0.4, 0.5) is 11.4 Å². The van der Waals surface area contributed by atoms with E-state index in [1.807, 2.05) is 38.1 Å². The molecule has 0 radical (unpaired) electrons. The Morgan fingerprint density at radius 3 is 2.22 bits per heavy atom. The Hall–Kier alpha value is -2.05. The number of rotatable bonds is 7. The zero-order valence-electron chi connectivity index (χ0n) is 15.9. The highest BCUT2D eigenvalue weighted by Gasteiger charge is 2.31. The third kappa shape index (κ3) is 5.23. The predicted molar refractivity (Wildman–Crippen MR) is 112 cm³/mol. The Bertz CT molecular complexity index is 896. The number of carbonyl (C=O) groups is 1. The van der Waals surface area contributed by atoms with Crippen LogP contribution in [0.1, 0.15) is 38.7 Å². The van der Waals surface area contributed by atoms with Crippen molar-refractivity contribution in [3.63, 3.8) is 0 Å². The number of sulfonamides is 1. The van der Waals surface area contributed by atoms with Crippen molar-refractivity contribution in [1.29, 1.82) is 0 Å². The van der Waals surface area contributed by atoms with Crippen molar-refractivity contribution in [2.24, 2.45) is 0 Å². The van der Waals surface area contributed by atoms with E-state index in [-0.39, 0.29) is 11.8 Å². The van der Waals surface area contributed by atoms with E-state index in [4.69, 9.17) is 11.6 Å². The molecule has 0 spiro atoms. The average Bonchev–Trinajstić information content (AvgIpc) is 2.59. The Morgan fingerprint density at radius 1 is 1.11 bits per heavy atom. The molecule has 1 atom stereocenters. The highest BCUT2D eigenvalue weighted by molar-refractivity contribution is 7.92. The van der Waals surface area contributed by atoms with Gasteiger partial charge >= 0.3 is 0 Å². The molecule has 0 fully saturated rings. The molecular formula is C20H25ClN2O3S. The number of halogens is 1. The monoisotopic (exact) mass is 408 g/mol. The molecule has 0 aliphatic rings. The molecule has 27 heavy (non-hydrogen) atoms. The van der Waals surface area contributed by atoms with Crippen LogP contribution in [-0.2, 0) is 14.8 Å². The Morgan fingerprint density at radius 2 is 1.70 bits per heavy atom. The lowest BCUT2D eigenvalue weighted by Crippen LogP contribution is -2.47. The lowest BCUT2D eigenvalue weighted by atomic mass is 10.0. The number of hydrogen-bond acceptors (Lipinski definition) is 3. The fraction of sp³-hybridized carbons (Fsp3) is 0.350. The maximum absolute atomic E-state index is 13.0. The summed E-state index contributed by atoms with van der Waals surface area (Å²) in [4.78, 5) is 13.0. The van der Waals surface area contributed by atoms with Crippen LogP contribution in [0.5, 0.6) is 0 Å². The minimum absolute atomic E-state index is 0.226. The van der Waals surface area contributed by atoms with Gasteiger partial charge in [-0.05, 0) is 48.2 Å². The number of nitrogens with zero attached hydrogens (tertiary/aromatic N) is 1. The van der Waals surface area contributed by atoms with E-state index in [9.17, 15) is 13.2 Å². The minimum atomic E-state index is -3.68. The topological polar surface area (TPSA) is 66.5 Å². The summed E-state index contributed by atoms with van der Waals surface area (Å²) in [6.45, 7) is 5.87. The number of benzene rings is 2. The van der Waals surface area contributed by atoms with Gasteiger partial charge in [0.15, 0.2) is 0 Å². The van der Waals surface area contributed by atoms with Crippen LogP contribution in [-0.4, -0.2) is 26.6 Å². The van der Waals surface area contributed by atoms with E-state index < -0.39 is 16.1 Å². The predicted octanol–water partition coefficient (Wildman–Crippen LogP) is 4.65. The van der Waals surface area contributed by atoms with Gasteiger partial charge in [-0.3, -0.25) is 9.10 Å². The average molecular weight is 409 g/mol. The fourth-order valence-corrected chi connectivity index (χ4v) is 4.32. The van der Waals surface area contributed by atoms with Crippen molar-refractivity contribution in [1.82, 2.24) is 0 Å². The van der Waals surface area contributed by atoms with Crippen molar-refractivity contribution < 1.29 is 13.2 Å². The van der Waals surface area contributed by atoms with Crippen LogP contribution in [0.3, 0.4) is 0 Å². The van der Waals surface area contributed by atoms with E-state index in [2.05, 4.69) is 5.32 Å². The summed E-state index contributed by atoms with van der Waals surface area (Å²) in [5.41, 5.74) is 2.10. The molecule has 0 aliphatic carbocycles. The third-order valence-electron chi connectivity index (χ3n) is 4.25. The smallest absolute Gasteiger partial charge is 0.248 e. The van der Waals surface area contributed by atoms with Gasteiger partial charge in [0.2, 0.25) is 15.9 Å². The second kappa shape index (κ2) is 8.76. The first-order chi connectivity index (χ1) is 12.6. The van der Waals surface area contributed by atoms with Crippen molar-refractivity contribution >= 4 is 38.9 Å². The van der Waals surface area contributed by atoms with Crippen LogP contribution in [0.2, 0.25) is 5.02 Å². The van der Waals surface area contributed by atoms with Gasteiger partial charge in [-0.1, -0.05) is 50.6 Å². The summed E-state index contributed by atoms with van der Waals surface area (Å²) in [5, 5.41) is 3.40. The molecule has 0 bridgehead atoms. The van der Waals surface area contributed by atoms with Crippen molar-refractivity contribution in [3.8, 4) is 0 Å². The molecule has 0 aliphatic heterocycles. The van der Waals surface area contributed by atoms with E-state index in [0.717, 1.165) is 16.1 Å². The van der Waals surface area contributed by atoms with E-state index in [0.29, 0.717) is 22.8 Å². The van der Waals surface area contributed by atoms with Gasteiger partial charge in [0, 0.05) is 10.7 Å². The Labute approximate surface area is 166 Å². The summed E-state index contributed by atoms with van der Waals surface area (Å²) in [6, 6.07) is 13.1. The molecule has 0 heterocycles. The Kier molecular flexibility index (Phi) is 6.89. The molecule has 2 aromatic rings. The quantitative estimate of drug-likeness (QED) is 0.725. The van der Waals surface area contributed by atoms with Gasteiger partial charge in [0.05, 0.1) is 11.9 Å². The molecule has 146 valence electrons. The van der Waals surface area contributed by atoms with Crippen molar-refractivity contribution in [2.75, 3.05) is 15.9 Å².